The second-order valence-electron chi connectivity index (χ2n) is 6.82. The normalized spacial score (nSPS) is 14.9. The van der Waals surface area contributed by atoms with Crippen LogP contribution in [0.5, 0.6) is 5.88 Å². The fourth-order valence-electron chi connectivity index (χ4n) is 3.01. The minimum atomic E-state index is -0.523. The van der Waals surface area contributed by atoms with Gasteiger partial charge in [-0.3, -0.25) is 4.79 Å². The Morgan fingerprint density at radius 1 is 1.41 bits per heavy atom. The van der Waals surface area contributed by atoms with Crippen molar-refractivity contribution in [3.05, 3.63) is 59.2 Å². The Balaban J connectivity index is 1.59. The Labute approximate surface area is 155 Å². The number of benzene rings is 1. The number of carbonyl (C=O) groups excluding carboxylic acids is 1. The minimum Gasteiger partial charge on any atom is -0.473 e. The number of ether oxygens (including phenoxy) is 1. The van der Waals surface area contributed by atoms with Gasteiger partial charge in [0, 0.05) is 17.0 Å². The van der Waals surface area contributed by atoms with Crippen molar-refractivity contribution in [2.75, 3.05) is 6.61 Å². The van der Waals surface area contributed by atoms with Crippen LogP contribution < -0.4 is 10.1 Å². The van der Waals surface area contributed by atoms with Gasteiger partial charge < -0.3 is 19.6 Å². The lowest BCUT2D eigenvalue weighted by Gasteiger charge is -2.14. The number of aromatic nitrogens is 1. The third-order valence-corrected chi connectivity index (χ3v) is 4.82. The average molecular weight is 370 g/mol. The van der Waals surface area contributed by atoms with Crippen LogP contribution >= 0.6 is 0 Å². The highest BCUT2D eigenvalue weighted by Gasteiger charge is 2.44. The SMILES string of the molecule is Cc1oc2cnc(OCc3ccccc3F)cc2c1C(=O)NC1(CO)CC1. The molecule has 1 aliphatic carbocycles. The van der Waals surface area contributed by atoms with Crippen LogP contribution in [0.2, 0.25) is 0 Å². The molecule has 1 aliphatic rings. The number of halogens is 1. The molecule has 0 aliphatic heterocycles. The Kier molecular flexibility index (Phi) is 4.31. The van der Waals surface area contributed by atoms with E-state index in [9.17, 15) is 14.3 Å². The summed E-state index contributed by atoms with van der Waals surface area (Å²) in [4.78, 5) is 16.9. The summed E-state index contributed by atoms with van der Waals surface area (Å²) >= 11 is 0. The second kappa shape index (κ2) is 6.66. The van der Waals surface area contributed by atoms with Gasteiger partial charge in [-0.15, -0.1) is 0 Å². The molecule has 0 saturated heterocycles. The highest BCUT2D eigenvalue weighted by atomic mass is 19.1. The van der Waals surface area contributed by atoms with Crippen molar-refractivity contribution >= 4 is 16.9 Å². The molecule has 0 radical (unpaired) electrons. The quantitative estimate of drug-likeness (QED) is 0.696. The topological polar surface area (TPSA) is 84.6 Å². The zero-order valence-corrected chi connectivity index (χ0v) is 14.8. The molecule has 1 aromatic carbocycles. The number of fused-ring (bicyclic) bond motifs is 1. The van der Waals surface area contributed by atoms with Crippen LogP contribution in [0, 0.1) is 12.7 Å². The number of aliphatic hydroxyl groups is 1. The first-order valence-corrected chi connectivity index (χ1v) is 8.70. The highest BCUT2D eigenvalue weighted by Crippen LogP contribution is 2.36. The average Bonchev–Trinajstić information content (AvgIpc) is 3.34. The number of aliphatic hydroxyl groups excluding tert-OH is 1. The van der Waals surface area contributed by atoms with Crippen molar-refractivity contribution in [3.63, 3.8) is 0 Å². The molecule has 0 unspecified atom stereocenters. The lowest BCUT2D eigenvalue weighted by Crippen LogP contribution is -2.39. The standard InChI is InChI=1S/C20H19FN2O4/c1-12-18(19(25)23-20(11-24)6-7-20)14-8-17(22-9-16(14)27-12)26-10-13-4-2-3-5-15(13)21/h2-5,8-9,24H,6-7,10-11H2,1H3,(H,23,25). The number of rotatable bonds is 6. The van der Waals surface area contributed by atoms with Gasteiger partial charge in [0.1, 0.15) is 18.2 Å². The molecule has 1 amide bonds. The summed E-state index contributed by atoms with van der Waals surface area (Å²) in [5, 5.41) is 12.9. The molecule has 1 saturated carbocycles. The minimum absolute atomic E-state index is 0.0250. The molecule has 2 heterocycles. The third-order valence-electron chi connectivity index (χ3n) is 4.82. The van der Waals surface area contributed by atoms with Gasteiger partial charge in [-0.25, -0.2) is 9.37 Å². The molecule has 0 atom stereocenters. The van der Waals surface area contributed by atoms with Crippen LogP contribution in [0.3, 0.4) is 0 Å². The summed E-state index contributed by atoms with van der Waals surface area (Å²) in [7, 11) is 0. The predicted molar refractivity (Wildman–Crippen MR) is 96.0 cm³/mol. The summed E-state index contributed by atoms with van der Waals surface area (Å²) in [5.74, 6) is 0.0776. The monoisotopic (exact) mass is 370 g/mol. The third kappa shape index (κ3) is 3.38. The second-order valence-corrected chi connectivity index (χ2v) is 6.82. The summed E-state index contributed by atoms with van der Waals surface area (Å²) < 4.78 is 24.9. The molecule has 27 heavy (non-hydrogen) atoms. The van der Waals surface area contributed by atoms with E-state index in [4.69, 9.17) is 9.15 Å². The van der Waals surface area contributed by atoms with Gasteiger partial charge >= 0.3 is 0 Å². The maximum Gasteiger partial charge on any atom is 0.255 e. The molecule has 3 aromatic rings. The van der Waals surface area contributed by atoms with Crippen molar-refractivity contribution in [2.45, 2.75) is 31.9 Å². The van der Waals surface area contributed by atoms with E-state index in [1.165, 1.54) is 12.3 Å². The first-order chi connectivity index (χ1) is 13.0. The smallest absolute Gasteiger partial charge is 0.255 e. The lowest BCUT2D eigenvalue weighted by atomic mass is 10.1. The Bertz CT molecular complexity index is 1010. The summed E-state index contributed by atoms with van der Waals surface area (Å²) in [5.41, 5.74) is 0.747. The van der Waals surface area contributed by atoms with Crippen molar-refractivity contribution < 1.29 is 23.4 Å². The van der Waals surface area contributed by atoms with Gasteiger partial charge in [0.05, 0.1) is 23.9 Å². The molecule has 0 bridgehead atoms. The molecule has 7 heteroatoms. The largest absolute Gasteiger partial charge is 0.473 e. The van der Waals surface area contributed by atoms with Crippen LogP contribution in [-0.2, 0) is 6.61 Å². The van der Waals surface area contributed by atoms with Gasteiger partial charge in [-0.2, -0.15) is 0 Å². The lowest BCUT2D eigenvalue weighted by molar-refractivity contribution is 0.0906. The molecule has 140 valence electrons. The van der Waals surface area contributed by atoms with Crippen LogP contribution in [0.25, 0.3) is 11.0 Å². The first-order valence-electron chi connectivity index (χ1n) is 8.70. The number of carbonyl (C=O) groups is 1. The van der Waals surface area contributed by atoms with E-state index < -0.39 is 5.54 Å². The van der Waals surface area contributed by atoms with Crippen LogP contribution in [0.4, 0.5) is 4.39 Å². The van der Waals surface area contributed by atoms with Gasteiger partial charge in [-0.1, -0.05) is 18.2 Å². The maximum absolute atomic E-state index is 13.7. The number of nitrogens with zero attached hydrogens (tertiary/aromatic N) is 1. The number of amides is 1. The van der Waals surface area contributed by atoms with Gasteiger partial charge in [0.25, 0.3) is 5.91 Å². The zero-order valence-electron chi connectivity index (χ0n) is 14.8. The van der Waals surface area contributed by atoms with E-state index in [1.807, 2.05) is 0 Å². The van der Waals surface area contributed by atoms with Crippen molar-refractivity contribution in [1.29, 1.82) is 0 Å². The van der Waals surface area contributed by atoms with Crippen molar-refractivity contribution in [2.24, 2.45) is 0 Å². The fourth-order valence-corrected chi connectivity index (χ4v) is 3.01. The number of aryl methyl sites for hydroxylation is 1. The number of hydrogen-bond acceptors (Lipinski definition) is 5. The van der Waals surface area contributed by atoms with E-state index in [-0.39, 0.29) is 30.8 Å². The van der Waals surface area contributed by atoms with E-state index >= 15 is 0 Å². The number of pyridine rings is 1. The van der Waals surface area contributed by atoms with Crippen LogP contribution in [0.1, 0.15) is 34.5 Å². The Morgan fingerprint density at radius 3 is 2.89 bits per heavy atom. The highest BCUT2D eigenvalue weighted by molar-refractivity contribution is 6.07. The molecule has 6 nitrogen and oxygen atoms in total. The van der Waals surface area contributed by atoms with Crippen molar-refractivity contribution in [3.8, 4) is 5.88 Å². The van der Waals surface area contributed by atoms with Gasteiger partial charge in [0.15, 0.2) is 5.58 Å². The molecule has 4 rings (SSSR count). The van der Waals surface area contributed by atoms with Gasteiger partial charge in [-0.05, 0) is 25.8 Å². The Morgan fingerprint density at radius 2 is 2.19 bits per heavy atom. The maximum atomic E-state index is 13.7. The van der Waals surface area contributed by atoms with E-state index in [0.717, 1.165) is 12.8 Å². The summed E-state index contributed by atoms with van der Waals surface area (Å²) in [6.07, 6.45) is 2.99. The fraction of sp³-hybridized carbons (Fsp3) is 0.300. The molecule has 2 N–H and O–H groups in total. The zero-order chi connectivity index (χ0) is 19.0. The predicted octanol–water partition coefficient (Wildman–Crippen LogP) is 3.11. The molecular formula is C20H19FN2O4. The number of furan rings is 1. The van der Waals surface area contributed by atoms with Crippen molar-refractivity contribution in [1.82, 2.24) is 10.3 Å². The Hall–Kier alpha value is -2.93. The van der Waals surface area contributed by atoms with Gasteiger partial charge in [0.2, 0.25) is 5.88 Å². The summed E-state index contributed by atoms with van der Waals surface area (Å²) in [6, 6.07) is 7.96. The number of hydrogen-bond donors (Lipinski definition) is 2. The van der Waals surface area contributed by atoms with E-state index in [1.54, 1.807) is 31.2 Å². The molecular weight excluding hydrogens is 351 g/mol. The molecule has 0 spiro atoms. The van der Waals surface area contributed by atoms with Crippen LogP contribution in [0.15, 0.2) is 40.9 Å². The van der Waals surface area contributed by atoms with E-state index in [2.05, 4.69) is 10.3 Å². The van der Waals surface area contributed by atoms with Crippen LogP contribution in [-0.4, -0.2) is 28.1 Å². The first kappa shape index (κ1) is 17.5. The van der Waals surface area contributed by atoms with E-state index in [0.29, 0.717) is 27.9 Å². The number of nitrogens with one attached hydrogen (secondary N) is 1. The molecule has 2 aromatic heterocycles. The molecule has 1 fully saturated rings. The summed E-state index contributed by atoms with van der Waals surface area (Å²) in [6.45, 7) is 1.64.